The first-order chi connectivity index (χ1) is 11.2. The van der Waals surface area contributed by atoms with Gasteiger partial charge in [0.2, 0.25) is 5.76 Å². The number of methoxy groups -OCH3 is 2. The van der Waals surface area contributed by atoms with Gasteiger partial charge in [-0.1, -0.05) is 69.4 Å². The van der Waals surface area contributed by atoms with E-state index in [-0.39, 0.29) is 5.76 Å². The summed E-state index contributed by atoms with van der Waals surface area (Å²) in [5, 5.41) is 0. The lowest BCUT2D eigenvalue weighted by Gasteiger charge is -2.13. The minimum atomic E-state index is -0.484. The molecule has 0 aliphatic carbocycles. The smallest absolute Gasteiger partial charge is 0.377 e. The second-order valence-corrected chi connectivity index (χ2v) is 5.34. The molecule has 0 radical (unpaired) electrons. The molecule has 1 aromatic carbocycles. The highest BCUT2D eigenvalue weighted by molar-refractivity contribution is 5.94. The minimum absolute atomic E-state index is 0.102. The lowest BCUT2D eigenvalue weighted by atomic mass is 10.1. The monoisotopic (exact) mass is 320 g/mol. The van der Waals surface area contributed by atoms with Crippen molar-refractivity contribution in [2.75, 3.05) is 20.8 Å². The molecule has 0 aromatic heterocycles. The molecule has 0 amide bonds. The van der Waals surface area contributed by atoms with E-state index in [1.54, 1.807) is 0 Å². The summed E-state index contributed by atoms with van der Waals surface area (Å²) < 4.78 is 15.8. The summed E-state index contributed by atoms with van der Waals surface area (Å²) in [4.78, 5) is 12.2. The maximum absolute atomic E-state index is 12.2. The number of unbranched alkanes of at least 4 members (excludes halogenated alkanes) is 5. The first-order valence-electron chi connectivity index (χ1n) is 8.29. The molecule has 4 nitrogen and oxygen atoms in total. The van der Waals surface area contributed by atoms with Gasteiger partial charge in [0.05, 0.1) is 20.8 Å². The molecule has 23 heavy (non-hydrogen) atoms. The van der Waals surface area contributed by atoms with E-state index in [4.69, 9.17) is 14.2 Å². The summed E-state index contributed by atoms with van der Waals surface area (Å²) in [6.07, 6.45) is 6.89. The topological polar surface area (TPSA) is 44.8 Å². The highest BCUT2D eigenvalue weighted by Gasteiger charge is 2.20. The SMILES string of the molecule is CCCCCCCCOC(=O)C(OC)=C(OC)c1ccccc1. The van der Waals surface area contributed by atoms with E-state index in [9.17, 15) is 4.79 Å². The fraction of sp³-hybridized carbons (Fsp3) is 0.526. The first-order valence-corrected chi connectivity index (χ1v) is 8.29. The number of carbonyl (C=O) groups is 1. The van der Waals surface area contributed by atoms with Crippen molar-refractivity contribution in [2.24, 2.45) is 0 Å². The molecule has 0 unspecified atom stereocenters. The zero-order chi connectivity index (χ0) is 16.9. The molecular weight excluding hydrogens is 292 g/mol. The Labute approximate surface area is 139 Å². The summed E-state index contributed by atoms with van der Waals surface area (Å²) in [6, 6.07) is 9.38. The van der Waals surface area contributed by atoms with Crippen molar-refractivity contribution in [3.8, 4) is 0 Å². The molecular formula is C19H28O4. The summed E-state index contributed by atoms with van der Waals surface area (Å²) in [6.45, 7) is 2.60. The first kappa shape index (κ1) is 19.1. The number of carbonyl (C=O) groups excluding carboxylic acids is 1. The molecule has 0 heterocycles. The lowest BCUT2D eigenvalue weighted by Crippen LogP contribution is -2.13. The largest absolute Gasteiger partial charge is 0.492 e. The van der Waals surface area contributed by atoms with Gasteiger partial charge < -0.3 is 14.2 Å². The van der Waals surface area contributed by atoms with E-state index in [0.29, 0.717) is 12.4 Å². The minimum Gasteiger partial charge on any atom is -0.492 e. The quantitative estimate of drug-likeness (QED) is 0.260. The van der Waals surface area contributed by atoms with Gasteiger partial charge in [-0.25, -0.2) is 4.79 Å². The Morgan fingerprint density at radius 3 is 2.17 bits per heavy atom. The molecule has 0 bridgehead atoms. The highest BCUT2D eigenvalue weighted by atomic mass is 16.6. The second kappa shape index (κ2) is 11.6. The third kappa shape index (κ3) is 6.76. The van der Waals surface area contributed by atoms with Crippen molar-refractivity contribution in [3.63, 3.8) is 0 Å². The van der Waals surface area contributed by atoms with Crippen LogP contribution in [0, 0.1) is 0 Å². The third-order valence-electron chi connectivity index (χ3n) is 3.57. The van der Waals surface area contributed by atoms with Crippen molar-refractivity contribution in [1.29, 1.82) is 0 Å². The average Bonchev–Trinajstić information content (AvgIpc) is 2.59. The van der Waals surface area contributed by atoms with Crippen LogP contribution < -0.4 is 0 Å². The average molecular weight is 320 g/mol. The van der Waals surface area contributed by atoms with Crippen LogP contribution >= 0.6 is 0 Å². The Morgan fingerprint density at radius 1 is 0.913 bits per heavy atom. The maximum atomic E-state index is 12.2. The summed E-state index contributed by atoms with van der Waals surface area (Å²) >= 11 is 0. The summed E-state index contributed by atoms with van der Waals surface area (Å²) in [5.41, 5.74) is 0.781. The zero-order valence-electron chi connectivity index (χ0n) is 14.5. The molecule has 1 rings (SSSR count). The Kier molecular flexibility index (Phi) is 9.60. The van der Waals surface area contributed by atoms with Crippen molar-refractivity contribution in [2.45, 2.75) is 45.4 Å². The number of ether oxygens (including phenoxy) is 3. The molecule has 0 fully saturated rings. The van der Waals surface area contributed by atoms with E-state index in [1.165, 1.54) is 39.9 Å². The van der Waals surface area contributed by atoms with E-state index in [1.807, 2.05) is 30.3 Å². The molecule has 128 valence electrons. The normalized spacial score (nSPS) is 11.6. The van der Waals surface area contributed by atoms with E-state index >= 15 is 0 Å². The Bertz CT molecular complexity index is 479. The lowest BCUT2D eigenvalue weighted by molar-refractivity contribution is -0.142. The standard InChI is InChI=1S/C19H28O4/c1-4-5-6-7-8-12-15-23-19(20)18(22-3)17(21-2)16-13-10-9-11-14-16/h9-11,13-14H,4-8,12,15H2,1-3H3. The Hall–Kier alpha value is -1.97. The molecule has 0 aliphatic heterocycles. The number of hydrogen-bond acceptors (Lipinski definition) is 4. The number of hydrogen-bond donors (Lipinski definition) is 0. The van der Waals surface area contributed by atoms with E-state index in [2.05, 4.69) is 6.92 Å². The van der Waals surface area contributed by atoms with Gasteiger partial charge in [0, 0.05) is 5.56 Å². The summed E-state index contributed by atoms with van der Waals surface area (Å²) in [5.74, 6) is 0.00694. The van der Waals surface area contributed by atoms with Gasteiger partial charge in [-0.05, 0) is 6.42 Å². The highest BCUT2D eigenvalue weighted by Crippen LogP contribution is 2.21. The molecule has 1 aromatic rings. The van der Waals surface area contributed by atoms with Gasteiger partial charge in [-0.3, -0.25) is 0 Å². The van der Waals surface area contributed by atoms with Crippen LogP contribution in [0.15, 0.2) is 36.1 Å². The van der Waals surface area contributed by atoms with Crippen LogP contribution in [-0.2, 0) is 19.0 Å². The summed E-state index contributed by atoms with van der Waals surface area (Å²) in [7, 11) is 2.96. The van der Waals surface area contributed by atoms with Crippen molar-refractivity contribution in [1.82, 2.24) is 0 Å². The van der Waals surface area contributed by atoms with Gasteiger partial charge in [-0.15, -0.1) is 0 Å². The van der Waals surface area contributed by atoms with E-state index in [0.717, 1.165) is 18.4 Å². The number of rotatable bonds is 11. The van der Waals surface area contributed by atoms with Gasteiger partial charge in [0.1, 0.15) is 0 Å². The predicted octanol–water partition coefficient (Wildman–Crippen LogP) is 4.55. The maximum Gasteiger partial charge on any atom is 0.377 e. The van der Waals surface area contributed by atoms with Crippen LogP contribution in [0.5, 0.6) is 0 Å². The van der Waals surface area contributed by atoms with Gasteiger partial charge in [-0.2, -0.15) is 0 Å². The van der Waals surface area contributed by atoms with Crippen LogP contribution in [-0.4, -0.2) is 26.8 Å². The fourth-order valence-corrected chi connectivity index (χ4v) is 2.31. The third-order valence-corrected chi connectivity index (χ3v) is 3.57. The van der Waals surface area contributed by atoms with Crippen LogP contribution in [0.25, 0.3) is 5.76 Å². The van der Waals surface area contributed by atoms with Crippen molar-refractivity contribution in [3.05, 3.63) is 41.7 Å². The molecule has 0 spiro atoms. The molecule has 0 saturated heterocycles. The van der Waals surface area contributed by atoms with Gasteiger partial charge in [0.25, 0.3) is 0 Å². The second-order valence-electron chi connectivity index (χ2n) is 5.34. The molecule has 4 heteroatoms. The van der Waals surface area contributed by atoms with Crippen LogP contribution in [0.4, 0.5) is 0 Å². The Morgan fingerprint density at radius 2 is 1.57 bits per heavy atom. The number of benzene rings is 1. The Balaban J connectivity index is 2.55. The molecule has 0 atom stereocenters. The molecule has 0 N–H and O–H groups in total. The number of esters is 1. The van der Waals surface area contributed by atoms with Crippen LogP contribution in [0.1, 0.15) is 51.0 Å². The van der Waals surface area contributed by atoms with Crippen molar-refractivity contribution >= 4 is 11.7 Å². The predicted molar refractivity (Wildman–Crippen MR) is 91.7 cm³/mol. The van der Waals surface area contributed by atoms with Gasteiger partial charge >= 0.3 is 5.97 Å². The van der Waals surface area contributed by atoms with Crippen LogP contribution in [0.2, 0.25) is 0 Å². The zero-order valence-corrected chi connectivity index (χ0v) is 14.5. The molecule has 0 saturated carbocycles. The fourth-order valence-electron chi connectivity index (χ4n) is 2.31. The molecule has 0 aliphatic rings. The van der Waals surface area contributed by atoms with E-state index < -0.39 is 5.97 Å². The van der Waals surface area contributed by atoms with Gasteiger partial charge in [0.15, 0.2) is 5.76 Å². The van der Waals surface area contributed by atoms with Crippen LogP contribution in [0.3, 0.4) is 0 Å². The van der Waals surface area contributed by atoms with Crippen molar-refractivity contribution < 1.29 is 19.0 Å².